The predicted molar refractivity (Wildman–Crippen MR) is 149 cm³/mol. The molecule has 0 saturated carbocycles. The molecule has 0 unspecified atom stereocenters. The molecule has 7 heteroatoms. The number of likely N-dealkylation sites (tertiary alicyclic amines) is 1. The van der Waals surface area contributed by atoms with E-state index in [1.807, 2.05) is 54.6 Å². The molecule has 3 heterocycles. The highest BCUT2D eigenvalue weighted by molar-refractivity contribution is 6.38. The number of aromatic amines is 1. The van der Waals surface area contributed by atoms with Gasteiger partial charge in [-0.05, 0) is 55.3 Å². The van der Waals surface area contributed by atoms with Crippen molar-refractivity contribution in [3.63, 3.8) is 0 Å². The first-order chi connectivity index (χ1) is 18.1. The van der Waals surface area contributed by atoms with E-state index in [9.17, 15) is 4.79 Å². The quantitative estimate of drug-likeness (QED) is 0.314. The van der Waals surface area contributed by atoms with Crippen molar-refractivity contribution in [2.45, 2.75) is 25.8 Å². The molecule has 6 rings (SSSR count). The second-order valence-corrected chi connectivity index (χ2v) is 9.65. The first-order valence-electron chi connectivity index (χ1n) is 12.9. The molecule has 1 saturated heterocycles. The van der Waals surface area contributed by atoms with Crippen LogP contribution in [0.4, 0.5) is 11.4 Å². The number of imidazole rings is 1. The Morgan fingerprint density at radius 3 is 2.65 bits per heavy atom. The Balaban J connectivity index is 1.44. The Kier molecular flexibility index (Phi) is 6.14. The molecule has 1 aromatic heterocycles. The van der Waals surface area contributed by atoms with Crippen molar-refractivity contribution in [1.29, 1.82) is 0 Å². The van der Waals surface area contributed by atoms with Crippen LogP contribution in [0.5, 0.6) is 5.75 Å². The Morgan fingerprint density at radius 2 is 1.89 bits per heavy atom. The summed E-state index contributed by atoms with van der Waals surface area (Å²) in [4.78, 5) is 24.3. The van der Waals surface area contributed by atoms with E-state index in [1.54, 1.807) is 7.11 Å². The van der Waals surface area contributed by atoms with Gasteiger partial charge in [-0.15, -0.1) is 0 Å². The van der Waals surface area contributed by atoms with Crippen LogP contribution in [0.15, 0.2) is 66.7 Å². The lowest BCUT2D eigenvalue weighted by atomic mass is 9.94. The number of nitrogens with zero attached hydrogens (tertiary/aromatic N) is 2. The Bertz CT molecular complexity index is 1480. The molecule has 2 aliphatic heterocycles. The number of carbonyl (C=O) groups is 1. The number of ether oxygens (including phenoxy) is 1. The highest BCUT2D eigenvalue weighted by Crippen LogP contribution is 2.41. The summed E-state index contributed by atoms with van der Waals surface area (Å²) in [6.45, 7) is 5.54. The van der Waals surface area contributed by atoms with Gasteiger partial charge in [0.15, 0.2) is 0 Å². The topological polar surface area (TPSA) is 82.3 Å². The van der Waals surface area contributed by atoms with Gasteiger partial charge in [0.1, 0.15) is 11.6 Å². The monoisotopic (exact) mass is 493 g/mol. The normalized spacial score (nSPS) is 17.5. The van der Waals surface area contributed by atoms with Crippen LogP contribution >= 0.6 is 0 Å². The van der Waals surface area contributed by atoms with Crippen molar-refractivity contribution >= 4 is 39.5 Å². The van der Waals surface area contributed by atoms with E-state index in [-0.39, 0.29) is 5.91 Å². The minimum absolute atomic E-state index is 0.125. The van der Waals surface area contributed by atoms with E-state index in [1.165, 1.54) is 0 Å². The first kappa shape index (κ1) is 23.3. The minimum Gasteiger partial charge on any atom is -0.497 e. The van der Waals surface area contributed by atoms with E-state index in [2.05, 4.69) is 39.6 Å². The zero-order valence-corrected chi connectivity index (χ0v) is 21.2. The van der Waals surface area contributed by atoms with Crippen LogP contribution in [-0.4, -0.2) is 53.6 Å². The van der Waals surface area contributed by atoms with Crippen molar-refractivity contribution in [2.24, 2.45) is 0 Å². The van der Waals surface area contributed by atoms with Crippen LogP contribution in [0.25, 0.3) is 22.2 Å². The second-order valence-electron chi connectivity index (χ2n) is 9.65. The third-order valence-corrected chi connectivity index (χ3v) is 7.41. The molecule has 4 aromatic rings. The minimum atomic E-state index is -0.125. The number of anilines is 2. The molecular formula is C30H31N5O2. The molecule has 0 atom stereocenters. The van der Waals surface area contributed by atoms with Crippen LogP contribution < -0.4 is 15.4 Å². The Morgan fingerprint density at radius 1 is 1.08 bits per heavy atom. The predicted octanol–water partition coefficient (Wildman–Crippen LogP) is 5.38. The molecule has 0 bridgehead atoms. The van der Waals surface area contributed by atoms with Crippen molar-refractivity contribution in [1.82, 2.24) is 14.9 Å². The number of aromatic nitrogens is 2. The van der Waals surface area contributed by atoms with E-state index in [0.29, 0.717) is 17.4 Å². The van der Waals surface area contributed by atoms with Crippen LogP contribution in [0.2, 0.25) is 0 Å². The molecule has 37 heavy (non-hydrogen) atoms. The molecule has 0 aliphatic carbocycles. The van der Waals surface area contributed by atoms with Gasteiger partial charge < -0.3 is 25.3 Å². The number of piperidine rings is 1. The van der Waals surface area contributed by atoms with Crippen molar-refractivity contribution < 1.29 is 9.53 Å². The largest absolute Gasteiger partial charge is 0.497 e. The highest BCUT2D eigenvalue weighted by atomic mass is 16.5. The van der Waals surface area contributed by atoms with Gasteiger partial charge in [-0.25, -0.2) is 4.98 Å². The maximum atomic E-state index is 13.4. The molecule has 3 aromatic carbocycles. The Hall–Kier alpha value is -4.10. The molecule has 1 amide bonds. The van der Waals surface area contributed by atoms with Gasteiger partial charge in [-0.3, -0.25) is 4.79 Å². The van der Waals surface area contributed by atoms with Crippen LogP contribution in [0, 0.1) is 0 Å². The maximum absolute atomic E-state index is 13.4. The molecule has 0 radical (unpaired) electrons. The molecular weight excluding hydrogens is 462 g/mol. The number of benzene rings is 3. The standard InChI is InChI=1S/C30H31N5O2/c1-3-35-15-13-20(14-16-35)31-21-9-11-24-23(17-21)28(30(36)34-24)27(19-7-5-4-6-8-19)29-32-25-12-10-22(37-2)18-26(25)33-29/h4-12,17-18,20,31H,3,13-16H2,1-2H3,(H,32,33)(H,34,36). The van der Waals surface area contributed by atoms with Gasteiger partial charge in [-0.2, -0.15) is 0 Å². The number of rotatable bonds is 6. The number of nitrogens with one attached hydrogen (secondary N) is 3. The van der Waals surface area contributed by atoms with Crippen LogP contribution in [0.3, 0.4) is 0 Å². The van der Waals surface area contributed by atoms with Gasteiger partial charge >= 0.3 is 0 Å². The molecule has 188 valence electrons. The number of hydrogen-bond donors (Lipinski definition) is 3. The summed E-state index contributed by atoms with van der Waals surface area (Å²) >= 11 is 0. The highest BCUT2D eigenvalue weighted by Gasteiger charge is 2.30. The zero-order chi connectivity index (χ0) is 25.4. The average Bonchev–Trinajstić information content (AvgIpc) is 3.50. The fourth-order valence-corrected chi connectivity index (χ4v) is 5.37. The maximum Gasteiger partial charge on any atom is 0.257 e. The van der Waals surface area contributed by atoms with Crippen molar-refractivity contribution in [2.75, 3.05) is 37.4 Å². The summed E-state index contributed by atoms with van der Waals surface area (Å²) in [5.41, 5.74) is 6.74. The van der Waals surface area contributed by atoms with Crippen molar-refractivity contribution in [3.05, 3.63) is 83.7 Å². The number of hydrogen-bond acceptors (Lipinski definition) is 5. The molecule has 7 nitrogen and oxygen atoms in total. The number of H-pyrrole nitrogens is 1. The lowest BCUT2D eigenvalue weighted by Crippen LogP contribution is -2.38. The summed E-state index contributed by atoms with van der Waals surface area (Å²) in [5.74, 6) is 1.27. The fourth-order valence-electron chi connectivity index (χ4n) is 5.37. The van der Waals surface area contributed by atoms with Gasteiger partial charge in [0, 0.05) is 47.7 Å². The number of amides is 1. The smallest absolute Gasteiger partial charge is 0.257 e. The summed E-state index contributed by atoms with van der Waals surface area (Å²) in [6, 6.07) is 22.3. The van der Waals surface area contributed by atoms with Crippen LogP contribution in [-0.2, 0) is 4.79 Å². The third-order valence-electron chi connectivity index (χ3n) is 7.41. The lowest BCUT2D eigenvalue weighted by molar-refractivity contribution is -0.110. The second kappa shape index (κ2) is 9.75. The number of carbonyl (C=O) groups excluding carboxylic acids is 1. The van der Waals surface area contributed by atoms with Crippen LogP contribution in [0.1, 0.15) is 36.7 Å². The molecule has 2 aliphatic rings. The zero-order valence-electron chi connectivity index (χ0n) is 21.2. The fraction of sp³-hybridized carbons (Fsp3) is 0.267. The number of fused-ring (bicyclic) bond motifs is 2. The Labute approximate surface area is 216 Å². The third kappa shape index (κ3) is 4.47. The van der Waals surface area contributed by atoms with Gasteiger partial charge in [-0.1, -0.05) is 37.3 Å². The first-order valence-corrected chi connectivity index (χ1v) is 12.9. The summed E-state index contributed by atoms with van der Waals surface area (Å²) in [7, 11) is 1.64. The van der Waals surface area contributed by atoms with E-state index >= 15 is 0 Å². The van der Waals surface area contributed by atoms with Gasteiger partial charge in [0.2, 0.25) is 0 Å². The summed E-state index contributed by atoms with van der Waals surface area (Å²) in [6.07, 6.45) is 2.23. The lowest BCUT2D eigenvalue weighted by Gasteiger charge is -2.32. The SMILES string of the molecule is CCN1CCC(Nc2ccc3c(c2)C(=C(c2ccccc2)c2nc4cc(OC)ccc4[nH]2)C(=O)N3)CC1. The average molecular weight is 494 g/mol. The molecule has 0 spiro atoms. The van der Waals surface area contributed by atoms with Crippen molar-refractivity contribution in [3.8, 4) is 5.75 Å². The summed E-state index contributed by atoms with van der Waals surface area (Å²) in [5, 5.41) is 6.79. The van der Waals surface area contributed by atoms with E-state index in [0.717, 1.165) is 77.3 Å². The number of methoxy groups -OCH3 is 1. The van der Waals surface area contributed by atoms with Gasteiger partial charge in [0.25, 0.3) is 5.91 Å². The summed E-state index contributed by atoms with van der Waals surface area (Å²) < 4.78 is 5.39. The molecule has 3 N–H and O–H groups in total. The van der Waals surface area contributed by atoms with E-state index in [4.69, 9.17) is 9.72 Å². The molecule has 1 fully saturated rings. The van der Waals surface area contributed by atoms with Gasteiger partial charge in [0.05, 0.1) is 23.7 Å². The van der Waals surface area contributed by atoms with E-state index < -0.39 is 0 Å².